The average molecular weight is 576 g/mol. The first kappa shape index (κ1) is 27.9. The van der Waals surface area contributed by atoms with Gasteiger partial charge in [0.15, 0.2) is 0 Å². The van der Waals surface area contributed by atoms with Crippen molar-refractivity contribution in [1.82, 2.24) is 0 Å². The Morgan fingerprint density at radius 3 is 1.71 bits per heavy atom. The van der Waals surface area contributed by atoms with Crippen LogP contribution < -0.4 is 4.90 Å². The molecule has 0 N–H and O–H groups in total. The molecule has 0 saturated carbocycles. The number of nitrogens with zero attached hydrogens (tertiary/aromatic N) is 1. The van der Waals surface area contributed by atoms with E-state index in [9.17, 15) is 0 Å². The fourth-order valence-electron chi connectivity index (χ4n) is 6.18. The Balaban J connectivity index is 1.42. The Bertz CT molecular complexity index is 2150. The quantitative estimate of drug-likeness (QED) is 0.129. The molecule has 1 heteroatoms. The summed E-state index contributed by atoms with van der Waals surface area (Å²) in [5.74, 6) is 0. The Labute approximate surface area is 265 Å². The summed E-state index contributed by atoms with van der Waals surface area (Å²) in [5, 5.41) is 4.97. The molecule has 0 spiro atoms. The third-order valence-electron chi connectivity index (χ3n) is 8.40. The highest BCUT2D eigenvalue weighted by molar-refractivity contribution is 6.14. The van der Waals surface area contributed by atoms with Gasteiger partial charge >= 0.3 is 0 Å². The van der Waals surface area contributed by atoms with Crippen LogP contribution in [0.5, 0.6) is 0 Å². The van der Waals surface area contributed by atoms with Crippen LogP contribution in [0.3, 0.4) is 0 Å². The molecule has 0 radical (unpaired) electrons. The van der Waals surface area contributed by atoms with Gasteiger partial charge < -0.3 is 4.90 Å². The van der Waals surface area contributed by atoms with E-state index in [0.29, 0.717) is 0 Å². The van der Waals surface area contributed by atoms with Crippen LogP contribution in [-0.2, 0) is 0 Å². The maximum Gasteiger partial charge on any atom is 0.0468 e. The van der Waals surface area contributed by atoms with E-state index in [1.807, 2.05) is 12.2 Å². The minimum absolute atomic E-state index is 1.04. The molecule has 0 saturated heterocycles. The van der Waals surface area contributed by atoms with Crippen LogP contribution in [-0.4, -0.2) is 0 Å². The molecule has 0 aliphatic rings. The van der Waals surface area contributed by atoms with Crippen molar-refractivity contribution in [3.8, 4) is 22.3 Å². The maximum absolute atomic E-state index is 4.00. The van der Waals surface area contributed by atoms with Crippen LogP contribution in [0.1, 0.15) is 5.56 Å². The lowest BCUT2D eigenvalue weighted by Crippen LogP contribution is -2.10. The fraction of sp³-hybridized carbons (Fsp3) is 0. The Morgan fingerprint density at radius 1 is 0.467 bits per heavy atom. The SMILES string of the molecule is C=C/C=C(\C=C)c1ccc(N(c2ccc(-c3ccccc3)cc2)c2ccc3c(c2)c(-c2ccccc2)cc2ccccc23)cc1. The zero-order valence-electron chi connectivity index (χ0n) is 25.1. The van der Waals surface area contributed by atoms with Gasteiger partial charge in [-0.3, -0.25) is 0 Å². The van der Waals surface area contributed by atoms with Crippen LogP contribution >= 0.6 is 0 Å². The van der Waals surface area contributed by atoms with Crippen LogP contribution in [0.2, 0.25) is 0 Å². The average Bonchev–Trinajstić information content (AvgIpc) is 3.12. The van der Waals surface area contributed by atoms with Gasteiger partial charge in [0.05, 0.1) is 0 Å². The number of rotatable bonds is 8. The molecule has 7 aromatic rings. The molecular weight excluding hydrogens is 542 g/mol. The van der Waals surface area contributed by atoms with Crippen molar-refractivity contribution in [1.29, 1.82) is 0 Å². The van der Waals surface area contributed by atoms with Gasteiger partial charge in [-0.1, -0.05) is 147 Å². The number of hydrogen-bond acceptors (Lipinski definition) is 1. The molecule has 0 aromatic heterocycles. The smallest absolute Gasteiger partial charge is 0.0468 e. The molecule has 0 fully saturated rings. The monoisotopic (exact) mass is 575 g/mol. The summed E-state index contributed by atoms with van der Waals surface area (Å²) in [7, 11) is 0. The topological polar surface area (TPSA) is 3.24 Å². The van der Waals surface area contributed by atoms with E-state index in [1.54, 1.807) is 6.08 Å². The van der Waals surface area contributed by atoms with Gasteiger partial charge in [0.2, 0.25) is 0 Å². The number of allylic oxidation sites excluding steroid dienone is 4. The second-order valence-corrected chi connectivity index (χ2v) is 11.1. The van der Waals surface area contributed by atoms with Crippen LogP contribution in [0.4, 0.5) is 17.1 Å². The lowest BCUT2D eigenvalue weighted by molar-refractivity contribution is 1.29. The molecule has 7 aromatic carbocycles. The van der Waals surface area contributed by atoms with E-state index in [0.717, 1.165) is 28.2 Å². The van der Waals surface area contributed by atoms with Gasteiger partial charge in [0.25, 0.3) is 0 Å². The molecular formula is C44H33N. The summed E-state index contributed by atoms with van der Waals surface area (Å²) >= 11 is 0. The molecule has 0 atom stereocenters. The normalized spacial score (nSPS) is 11.4. The van der Waals surface area contributed by atoms with Gasteiger partial charge in [-0.25, -0.2) is 0 Å². The van der Waals surface area contributed by atoms with Crippen molar-refractivity contribution >= 4 is 44.2 Å². The summed E-state index contributed by atoms with van der Waals surface area (Å²) in [5.41, 5.74) is 10.2. The van der Waals surface area contributed by atoms with Crippen molar-refractivity contribution < 1.29 is 0 Å². The predicted molar refractivity (Wildman–Crippen MR) is 195 cm³/mol. The lowest BCUT2D eigenvalue weighted by Gasteiger charge is -2.27. The van der Waals surface area contributed by atoms with Crippen molar-refractivity contribution in [2.45, 2.75) is 0 Å². The summed E-state index contributed by atoms with van der Waals surface area (Å²) in [6.45, 7) is 7.87. The predicted octanol–water partition coefficient (Wildman–Crippen LogP) is 12.6. The van der Waals surface area contributed by atoms with Gasteiger partial charge in [-0.2, -0.15) is 0 Å². The van der Waals surface area contributed by atoms with Gasteiger partial charge in [-0.05, 0) is 97.4 Å². The Kier molecular flexibility index (Phi) is 7.66. The summed E-state index contributed by atoms with van der Waals surface area (Å²) in [6.07, 6.45) is 5.66. The highest BCUT2D eigenvalue weighted by atomic mass is 15.1. The van der Waals surface area contributed by atoms with E-state index in [2.05, 4.69) is 176 Å². The van der Waals surface area contributed by atoms with E-state index in [1.165, 1.54) is 43.8 Å². The van der Waals surface area contributed by atoms with E-state index in [4.69, 9.17) is 0 Å². The molecule has 0 aliphatic heterocycles. The highest BCUT2D eigenvalue weighted by Gasteiger charge is 2.16. The standard InChI is InChI=1S/C44H33N/c1-3-13-32(4-2)34-20-24-38(25-21-34)45(39-26-22-35(23-27-39)33-14-7-5-8-15-33)40-28-29-42-41-19-12-11-18-37(41)30-43(44(42)31-40)36-16-9-6-10-17-36/h3-31H,1-2H2/b32-13+. The molecule has 0 amide bonds. The van der Waals surface area contributed by atoms with Crippen LogP contribution in [0.25, 0.3) is 49.4 Å². The maximum atomic E-state index is 4.00. The first-order valence-corrected chi connectivity index (χ1v) is 15.3. The van der Waals surface area contributed by atoms with Crippen molar-refractivity contribution in [2.24, 2.45) is 0 Å². The third kappa shape index (κ3) is 5.48. The van der Waals surface area contributed by atoms with E-state index < -0.39 is 0 Å². The van der Waals surface area contributed by atoms with Gasteiger partial charge in [-0.15, -0.1) is 0 Å². The number of benzene rings is 7. The largest absolute Gasteiger partial charge is 0.310 e. The Hall–Kier alpha value is -5.92. The van der Waals surface area contributed by atoms with Crippen molar-refractivity contribution in [3.63, 3.8) is 0 Å². The Morgan fingerprint density at radius 2 is 1.04 bits per heavy atom. The summed E-state index contributed by atoms with van der Waals surface area (Å²) in [4.78, 5) is 2.34. The molecule has 0 heterocycles. The molecule has 0 bridgehead atoms. The fourth-order valence-corrected chi connectivity index (χ4v) is 6.18. The molecule has 45 heavy (non-hydrogen) atoms. The van der Waals surface area contributed by atoms with Gasteiger partial charge in [0, 0.05) is 17.1 Å². The van der Waals surface area contributed by atoms with Crippen LogP contribution in [0, 0.1) is 0 Å². The molecule has 1 nitrogen and oxygen atoms in total. The minimum Gasteiger partial charge on any atom is -0.310 e. The third-order valence-corrected chi connectivity index (χ3v) is 8.40. The van der Waals surface area contributed by atoms with Gasteiger partial charge in [0.1, 0.15) is 0 Å². The second kappa shape index (κ2) is 12.4. The highest BCUT2D eigenvalue weighted by Crippen LogP contribution is 2.41. The van der Waals surface area contributed by atoms with Crippen LogP contribution in [0.15, 0.2) is 189 Å². The molecule has 214 valence electrons. The zero-order chi connectivity index (χ0) is 30.6. The van der Waals surface area contributed by atoms with E-state index in [-0.39, 0.29) is 0 Å². The molecule has 0 unspecified atom stereocenters. The minimum atomic E-state index is 1.04. The zero-order valence-corrected chi connectivity index (χ0v) is 25.1. The molecule has 7 rings (SSSR count). The van der Waals surface area contributed by atoms with E-state index >= 15 is 0 Å². The summed E-state index contributed by atoms with van der Waals surface area (Å²) in [6, 6.07) is 56.6. The first-order valence-electron chi connectivity index (χ1n) is 15.3. The summed E-state index contributed by atoms with van der Waals surface area (Å²) < 4.78 is 0. The van der Waals surface area contributed by atoms with Crippen molar-refractivity contribution in [3.05, 3.63) is 195 Å². The second-order valence-electron chi connectivity index (χ2n) is 11.1. The molecule has 0 aliphatic carbocycles. The lowest BCUT2D eigenvalue weighted by atomic mass is 9.92. The number of fused-ring (bicyclic) bond motifs is 3. The van der Waals surface area contributed by atoms with Crippen molar-refractivity contribution in [2.75, 3.05) is 4.90 Å². The number of hydrogen-bond donors (Lipinski definition) is 0. The first-order chi connectivity index (χ1) is 22.2. The number of anilines is 3.